The number of rotatable bonds is 2. The lowest BCUT2D eigenvalue weighted by molar-refractivity contribution is -0.123. The maximum atomic E-state index is 12.9. The molecule has 0 N–H and O–H groups in total. The SMILES string of the molecule is O=C1[C@H]2[C@H]3C[C@@H]([C@@H]2C(=O)N1c1nccs1)[C@H](c1ccccc1)C3. The first kappa shape index (κ1) is 13.4. The molecule has 3 aliphatic rings. The Bertz CT molecular complexity index is 774. The van der Waals surface area contributed by atoms with Crippen LogP contribution in [0.3, 0.4) is 0 Å². The molecule has 2 bridgehead atoms. The molecule has 116 valence electrons. The molecule has 1 aromatic carbocycles. The first-order valence-electron chi connectivity index (χ1n) is 8.08. The van der Waals surface area contributed by atoms with Crippen LogP contribution in [0.4, 0.5) is 5.13 Å². The molecule has 2 saturated carbocycles. The summed E-state index contributed by atoms with van der Waals surface area (Å²) in [6, 6.07) is 10.4. The van der Waals surface area contributed by atoms with Gasteiger partial charge >= 0.3 is 0 Å². The molecule has 5 heteroatoms. The van der Waals surface area contributed by atoms with Crippen molar-refractivity contribution in [1.29, 1.82) is 0 Å². The van der Waals surface area contributed by atoms with Crippen molar-refractivity contribution in [2.45, 2.75) is 18.8 Å². The normalized spacial score (nSPS) is 35.1. The highest BCUT2D eigenvalue weighted by atomic mass is 32.1. The number of anilines is 1. The molecular weight excluding hydrogens is 308 g/mol. The Morgan fingerprint density at radius 2 is 1.83 bits per heavy atom. The highest BCUT2D eigenvalue weighted by molar-refractivity contribution is 7.14. The van der Waals surface area contributed by atoms with Gasteiger partial charge in [-0.3, -0.25) is 9.59 Å². The third-order valence-electron chi connectivity index (χ3n) is 5.85. The van der Waals surface area contributed by atoms with Gasteiger partial charge in [0.05, 0.1) is 11.8 Å². The van der Waals surface area contributed by atoms with Crippen LogP contribution in [0, 0.1) is 23.7 Å². The van der Waals surface area contributed by atoms with E-state index >= 15 is 0 Å². The average Bonchev–Trinajstić information content (AvgIpc) is 3.32. The van der Waals surface area contributed by atoms with Gasteiger partial charge in [0.15, 0.2) is 5.13 Å². The summed E-state index contributed by atoms with van der Waals surface area (Å²) in [4.78, 5) is 31.3. The molecule has 1 saturated heterocycles. The van der Waals surface area contributed by atoms with E-state index in [0.717, 1.165) is 12.8 Å². The van der Waals surface area contributed by atoms with Crippen molar-refractivity contribution in [3.63, 3.8) is 0 Å². The lowest BCUT2D eigenvalue weighted by Crippen LogP contribution is -2.32. The van der Waals surface area contributed by atoms with Crippen molar-refractivity contribution in [3.05, 3.63) is 47.5 Å². The van der Waals surface area contributed by atoms with Gasteiger partial charge in [0.1, 0.15) is 0 Å². The molecule has 3 fully saturated rings. The van der Waals surface area contributed by atoms with Crippen LogP contribution in [0.15, 0.2) is 41.9 Å². The highest BCUT2D eigenvalue weighted by Gasteiger charge is 2.64. The Balaban J connectivity index is 1.51. The molecule has 5 atom stereocenters. The predicted molar refractivity (Wildman–Crippen MR) is 87.0 cm³/mol. The summed E-state index contributed by atoms with van der Waals surface area (Å²) in [7, 11) is 0. The standard InChI is InChI=1S/C18H16N2O2S/c21-16-14-11-8-12(10-4-2-1-3-5-10)13(9-11)15(14)17(22)20(16)18-19-6-7-23-18/h1-7,11-15H,8-9H2/t11-,12+,13-,14+,15+/m1/s1. The van der Waals surface area contributed by atoms with E-state index in [0.29, 0.717) is 22.9 Å². The lowest BCUT2D eigenvalue weighted by Gasteiger charge is -2.28. The molecule has 1 aromatic heterocycles. The van der Waals surface area contributed by atoms with Crippen LogP contribution < -0.4 is 4.90 Å². The Hall–Kier alpha value is -2.01. The first-order chi connectivity index (χ1) is 11.3. The smallest absolute Gasteiger partial charge is 0.239 e. The molecule has 0 radical (unpaired) electrons. The van der Waals surface area contributed by atoms with E-state index in [2.05, 4.69) is 29.2 Å². The Morgan fingerprint density at radius 3 is 2.57 bits per heavy atom. The van der Waals surface area contributed by atoms with E-state index in [1.165, 1.54) is 21.8 Å². The number of carbonyl (C=O) groups is 2. The summed E-state index contributed by atoms with van der Waals surface area (Å²) in [5, 5.41) is 2.34. The van der Waals surface area contributed by atoms with Crippen LogP contribution in [0.5, 0.6) is 0 Å². The maximum Gasteiger partial charge on any atom is 0.239 e. The van der Waals surface area contributed by atoms with E-state index in [-0.39, 0.29) is 23.7 Å². The van der Waals surface area contributed by atoms with Crippen LogP contribution in [0.1, 0.15) is 24.3 Å². The summed E-state index contributed by atoms with van der Waals surface area (Å²) in [6.45, 7) is 0. The Kier molecular flexibility index (Phi) is 2.77. The molecular formula is C18H16N2O2S. The van der Waals surface area contributed by atoms with E-state index in [1.807, 2.05) is 11.4 Å². The number of imide groups is 1. The summed E-state index contributed by atoms with van der Waals surface area (Å²) in [5.41, 5.74) is 1.31. The zero-order valence-corrected chi connectivity index (χ0v) is 13.3. The zero-order valence-electron chi connectivity index (χ0n) is 12.5. The minimum absolute atomic E-state index is 0.0195. The zero-order chi connectivity index (χ0) is 15.6. The largest absolute Gasteiger partial charge is 0.274 e. The topological polar surface area (TPSA) is 50.3 Å². The molecule has 0 spiro atoms. The molecule has 0 unspecified atom stereocenters. The number of hydrogen-bond donors (Lipinski definition) is 0. The molecule has 2 aromatic rings. The number of fused-ring (bicyclic) bond motifs is 5. The molecule has 1 aliphatic heterocycles. The monoisotopic (exact) mass is 324 g/mol. The number of aromatic nitrogens is 1. The number of benzene rings is 1. The second-order valence-electron chi connectivity index (χ2n) is 6.79. The van der Waals surface area contributed by atoms with E-state index in [4.69, 9.17) is 0 Å². The highest BCUT2D eigenvalue weighted by Crippen LogP contribution is 2.61. The second-order valence-corrected chi connectivity index (χ2v) is 7.66. The number of thiazole rings is 1. The number of hydrogen-bond acceptors (Lipinski definition) is 4. The van der Waals surface area contributed by atoms with Gasteiger partial charge in [0.25, 0.3) is 0 Å². The quantitative estimate of drug-likeness (QED) is 0.798. The van der Waals surface area contributed by atoms with Crippen LogP contribution in [-0.4, -0.2) is 16.8 Å². The fraction of sp³-hybridized carbons (Fsp3) is 0.389. The van der Waals surface area contributed by atoms with Crippen LogP contribution in [0.25, 0.3) is 0 Å². The Morgan fingerprint density at radius 1 is 1.04 bits per heavy atom. The van der Waals surface area contributed by atoms with Gasteiger partial charge in [-0.25, -0.2) is 9.88 Å². The van der Waals surface area contributed by atoms with Crippen molar-refractivity contribution in [2.24, 2.45) is 23.7 Å². The fourth-order valence-electron chi connectivity index (χ4n) is 5.06. The molecule has 2 amide bonds. The average molecular weight is 324 g/mol. The van der Waals surface area contributed by atoms with E-state index < -0.39 is 0 Å². The molecule has 2 aliphatic carbocycles. The fourth-order valence-corrected chi connectivity index (χ4v) is 5.71. The van der Waals surface area contributed by atoms with Gasteiger partial charge < -0.3 is 0 Å². The minimum atomic E-state index is -0.143. The van der Waals surface area contributed by atoms with E-state index in [1.54, 1.807) is 6.20 Å². The minimum Gasteiger partial charge on any atom is -0.274 e. The van der Waals surface area contributed by atoms with Crippen molar-refractivity contribution in [1.82, 2.24) is 4.98 Å². The van der Waals surface area contributed by atoms with Crippen LogP contribution >= 0.6 is 11.3 Å². The molecule has 2 heterocycles. The number of amides is 2. The lowest BCUT2D eigenvalue weighted by atomic mass is 9.73. The van der Waals surface area contributed by atoms with E-state index in [9.17, 15) is 9.59 Å². The summed E-state index contributed by atoms with van der Waals surface area (Å²) in [5.74, 6) is 0.754. The molecule has 4 nitrogen and oxygen atoms in total. The first-order valence-corrected chi connectivity index (χ1v) is 8.96. The van der Waals surface area contributed by atoms with Gasteiger partial charge in [-0.05, 0) is 36.2 Å². The van der Waals surface area contributed by atoms with Gasteiger partial charge in [-0.1, -0.05) is 30.3 Å². The summed E-state index contributed by atoms with van der Waals surface area (Å²) >= 11 is 1.36. The van der Waals surface area contributed by atoms with Crippen LogP contribution in [0.2, 0.25) is 0 Å². The van der Waals surface area contributed by atoms with Crippen molar-refractivity contribution in [3.8, 4) is 0 Å². The molecule has 5 rings (SSSR count). The third kappa shape index (κ3) is 1.74. The van der Waals surface area contributed by atoms with Gasteiger partial charge in [-0.15, -0.1) is 11.3 Å². The van der Waals surface area contributed by atoms with Gasteiger partial charge in [0, 0.05) is 11.6 Å². The maximum absolute atomic E-state index is 12.9. The van der Waals surface area contributed by atoms with Crippen molar-refractivity contribution < 1.29 is 9.59 Å². The van der Waals surface area contributed by atoms with Crippen molar-refractivity contribution in [2.75, 3.05) is 4.90 Å². The summed E-state index contributed by atoms with van der Waals surface area (Å²) in [6.07, 6.45) is 3.69. The summed E-state index contributed by atoms with van der Waals surface area (Å²) < 4.78 is 0. The number of nitrogens with zero attached hydrogens (tertiary/aromatic N) is 2. The third-order valence-corrected chi connectivity index (χ3v) is 6.61. The predicted octanol–water partition coefficient (Wildman–Crippen LogP) is 3.07. The Labute approximate surface area is 138 Å². The van der Waals surface area contributed by atoms with Crippen molar-refractivity contribution >= 4 is 28.3 Å². The van der Waals surface area contributed by atoms with Gasteiger partial charge in [0.2, 0.25) is 11.8 Å². The van der Waals surface area contributed by atoms with Gasteiger partial charge in [-0.2, -0.15) is 0 Å². The second kappa shape index (κ2) is 4.74. The molecule has 23 heavy (non-hydrogen) atoms. The van der Waals surface area contributed by atoms with Crippen LogP contribution in [-0.2, 0) is 9.59 Å². The number of carbonyl (C=O) groups excluding carboxylic acids is 2.